The average molecular weight is 276 g/mol. The predicted molar refractivity (Wildman–Crippen MR) is 80.7 cm³/mol. The minimum absolute atomic E-state index is 0.0894. The van der Waals surface area contributed by atoms with Crippen LogP contribution in [0.25, 0.3) is 0 Å². The number of benzene rings is 1. The standard InChI is InChI=1S/C16H24N2O2/c1-3-20-11-13-6-8-18(9-7-13)16(19)14-5-4-12(2)15(17)10-14/h4-5,10,13H,3,6-9,11,17H2,1-2H3. The quantitative estimate of drug-likeness (QED) is 0.859. The molecule has 1 aromatic carbocycles. The molecule has 1 aliphatic rings. The highest BCUT2D eigenvalue weighted by Gasteiger charge is 2.23. The van der Waals surface area contributed by atoms with E-state index in [-0.39, 0.29) is 5.91 Å². The highest BCUT2D eigenvalue weighted by molar-refractivity contribution is 5.95. The maximum atomic E-state index is 12.4. The maximum absolute atomic E-state index is 12.4. The van der Waals surface area contributed by atoms with E-state index >= 15 is 0 Å². The summed E-state index contributed by atoms with van der Waals surface area (Å²) in [5.41, 5.74) is 8.26. The molecular formula is C16H24N2O2. The van der Waals surface area contributed by atoms with E-state index in [4.69, 9.17) is 10.5 Å². The molecule has 1 fully saturated rings. The number of likely N-dealkylation sites (tertiary alicyclic amines) is 1. The van der Waals surface area contributed by atoms with Crippen LogP contribution in [0.4, 0.5) is 5.69 Å². The number of rotatable bonds is 4. The number of nitrogens with two attached hydrogens (primary N) is 1. The SMILES string of the molecule is CCOCC1CCN(C(=O)c2ccc(C)c(N)c2)CC1. The van der Waals surface area contributed by atoms with Crippen LogP contribution in [-0.4, -0.2) is 37.1 Å². The van der Waals surface area contributed by atoms with Gasteiger partial charge in [0.15, 0.2) is 0 Å². The number of amides is 1. The fourth-order valence-electron chi connectivity index (χ4n) is 2.54. The molecule has 0 atom stereocenters. The number of nitrogen functional groups attached to an aromatic ring is 1. The van der Waals surface area contributed by atoms with Crippen molar-refractivity contribution in [1.82, 2.24) is 4.90 Å². The molecule has 4 heteroatoms. The molecule has 0 aromatic heterocycles. The van der Waals surface area contributed by atoms with Crippen molar-refractivity contribution in [3.8, 4) is 0 Å². The first-order valence-corrected chi connectivity index (χ1v) is 7.35. The Morgan fingerprint density at radius 3 is 2.70 bits per heavy atom. The van der Waals surface area contributed by atoms with Crippen molar-refractivity contribution in [1.29, 1.82) is 0 Å². The second-order valence-corrected chi connectivity index (χ2v) is 5.47. The Hall–Kier alpha value is -1.55. The van der Waals surface area contributed by atoms with Crippen LogP contribution in [0, 0.1) is 12.8 Å². The fraction of sp³-hybridized carbons (Fsp3) is 0.562. The van der Waals surface area contributed by atoms with Gasteiger partial charge in [-0.3, -0.25) is 4.79 Å². The van der Waals surface area contributed by atoms with Crippen LogP contribution < -0.4 is 5.73 Å². The summed E-state index contributed by atoms with van der Waals surface area (Å²) in [5.74, 6) is 0.675. The molecule has 0 aliphatic carbocycles. The smallest absolute Gasteiger partial charge is 0.253 e. The molecule has 0 unspecified atom stereocenters. The second kappa shape index (κ2) is 6.75. The maximum Gasteiger partial charge on any atom is 0.253 e. The first-order valence-electron chi connectivity index (χ1n) is 7.35. The van der Waals surface area contributed by atoms with Gasteiger partial charge < -0.3 is 15.4 Å². The van der Waals surface area contributed by atoms with Crippen molar-refractivity contribution in [2.75, 3.05) is 32.0 Å². The van der Waals surface area contributed by atoms with Crippen molar-refractivity contribution < 1.29 is 9.53 Å². The normalized spacial score (nSPS) is 16.4. The van der Waals surface area contributed by atoms with Crippen molar-refractivity contribution in [3.63, 3.8) is 0 Å². The molecule has 4 nitrogen and oxygen atoms in total. The molecule has 0 radical (unpaired) electrons. The summed E-state index contributed by atoms with van der Waals surface area (Å²) in [5, 5.41) is 0. The third-order valence-electron chi connectivity index (χ3n) is 3.99. The summed E-state index contributed by atoms with van der Waals surface area (Å²) < 4.78 is 5.46. The number of hydrogen-bond donors (Lipinski definition) is 1. The Balaban J connectivity index is 1.92. The van der Waals surface area contributed by atoms with E-state index < -0.39 is 0 Å². The Morgan fingerprint density at radius 2 is 2.10 bits per heavy atom. The lowest BCUT2D eigenvalue weighted by Crippen LogP contribution is -2.39. The van der Waals surface area contributed by atoms with E-state index in [1.807, 2.05) is 30.9 Å². The lowest BCUT2D eigenvalue weighted by molar-refractivity contribution is 0.0551. The van der Waals surface area contributed by atoms with Gasteiger partial charge in [-0.1, -0.05) is 6.07 Å². The van der Waals surface area contributed by atoms with E-state index in [0.717, 1.165) is 44.7 Å². The predicted octanol–water partition coefficient (Wildman–Crippen LogP) is 2.47. The van der Waals surface area contributed by atoms with Crippen molar-refractivity contribution in [3.05, 3.63) is 29.3 Å². The number of piperidine rings is 1. The molecule has 1 heterocycles. The number of anilines is 1. The van der Waals surface area contributed by atoms with Crippen LogP contribution in [-0.2, 0) is 4.74 Å². The van der Waals surface area contributed by atoms with Gasteiger partial charge in [0.05, 0.1) is 0 Å². The van der Waals surface area contributed by atoms with E-state index in [2.05, 4.69) is 0 Å². The van der Waals surface area contributed by atoms with Crippen LogP contribution >= 0.6 is 0 Å². The molecule has 2 rings (SSSR count). The van der Waals surface area contributed by atoms with Gasteiger partial charge in [0.1, 0.15) is 0 Å². The lowest BCUT2D eigenvalue weighted by Gasteiger charge is -2.32. The highest BCUT2D eigenvalue weighted by Crippen LogP contribution is 2.21. The Morgan fingerprint density at radius 1 is 1.40 bits per heavy atom. The summed E-state index contributed by atoms with van der Waals surface area (Å²) in [6, 6.07) is 5.55. The number of carbonyl (C=O) groups excluding carboxylic acids is 1. The van der Waals surface area contributed by atoms with Gasteiger partial charge in [-0.2, -0.15) is 0 Å². The van der Waals surface area contributed by atoms with Crippen molar-refractivity contribution in [2.45, 2.75) is 26.7 Å². The van der Waals surface area contributed by atoms with Crippen LogP contribution in [0.5, 0.6) is 0 Å². The van der Waals surface area contributed by atoms with Crippen molar-refractivity contribution in [2.24, 2.45) is 5.92 Å². The molecule has 1 amide bonds. The monoisotopic (exact) mass is 276 g/mol. The molecule has 20 heavy (non-hydrogen) atoms. The lowest BCUT2D eigenvalue weighted by atomic mass is 9.97. The number of aryl methyl sites for hydroxylation is 1. The van der Waals surface area contributed by atoms with E-state index in [1.54, 1.807) is 6.07 Å². The van der Waals surface area contributed by atoms with Gasteiger partial charge in [0.25, 0.3) is 5.91 Å². The molecule has 0 bridgehead atoms. The molecule has 110 valence electrons. The highest BCUT2D eigenvalue weighted by atomic mass is 16.5. The minimum atomic E-state index is 0.0894. The minimum Gasteiger partial charge on any atom is -0.398 e. The van der Waals surface area contributed by atoms with Gasteiger partial charge in [-0.05, 0) is 50.3 Å². The van der Waals surface area contributed by atoms with Gasteiger partial charge in [0, 0.05) is 37.6 Å². The summed E-state index contributed by atoms with van der Waals surface area (Å²) >= 11 is 0. The zero-order chi connectivity index (χ0) is 14.5. The molecule has 0 spiro atoms. The van der Waals surface area contributed by atoms with Crippen LogP contribution in [0.15, 0.2) is 18.2 Å². The molecule has 1 saturated heterocycles. The topological polar surface area (TPSA) is 55.6 Å². The first-order chi connectivity index (χ1) is 9.61. The summed E-state index contributed by atoms with van der Waals surface area (Å²) in [6.07, 6.45) is 2.04. The van der Waals surface area contributed by atoms with Gasteiger partial charge in [-0.15, -0.1) is 0 Å². The largest absolute Gasteiger partial charge is 0.398 e. The van der Waals surface area contributed by atoms with E-state index in [9.17, 15) is 4.79 Å². The zero-order valence-electron chi connectivity index (χ0n) is 12.4. The number of hydrogen-bond acceptors (Lipinski definition) is 3. The first kappa shape index (κ1) is 14.9. The fourth-order valence-corrected chi connectivity index (χ4v) is 2.54. The third kappa shape index (κ3) is 3.51. The number of ether oxygens (including phenoxy) is 1. The van der Waals surface area contributed by atoms with Crippen LogP contribution in [0.3, 0.4) is 0 Å². The summed E-state index contributed by atoms with van der Waals surface area (Å²) in [6.45, 7) is 7.16. The molecule has 2 N–H and O–H groups in total. The van der Waals surface area contributed by atoms with Crippen molar-refractivity contribution >= 4 is 11.6 Å². The Labute approximate surface area is 120 Å². The molecule has 0 saturated carbocycles. The van der Waals surface area contributed by atoms with Crippen LogP contribution in [0.2, 0.25) is 0 Å². The molecule has 1 aromatic rings. The Bertz CT molecular complexity index is 466. The van der Waals surface area contributed by atoms with Crippen LogP contribution in [0.1, 0.15) is 35.7 Å². The number of nitrogens with zero attached hydrogens (tertiary/aromatic N) is 1. The summed E-state index contributed by atoms with van der Waals surface area (Å²) in [4.78, 5) is 14.3. The Kier molecular flexibility index (Phi) is 5.01. The van der Waals surface area contributed by atoms with E-state index in [0.29, 0.717) is 17.2 Å². The summed E-state index contributed by atoms with van der Waals surface area (Å²) in [7, 11) is 0. The van der Waals surface area contributed by atoms with Gasteiger partial charge in [-0.25, -0.2) is 0 Å². The third-order valence-corrected chi connectivity index (χ3v) is 3.99. The molecule has 1 aliphatic heterocycles. The number of carbonyl (C=O) groups is 1. The van der Waals surface area contributed by atoms with Gasteiger partial charge in [0.2, 0.25) is 0 Å². The average Bonchev–Trinajstić information content (AvgIpc) is 2.48. The van der Waals surface area contributed by atoms with E-state index in [1.165, 1.54) is 0 Å². The zero-order valence-corrected chi connectivity index (χ0v) is 12.4. The second-order valence-electron chi connectivity index (χ2n) is 5.47. The molecular weight excluding hydrogens is 252 g/mol. The van der Waals surface area contributed by atoms with Gasteiger partial charge >= 0.3 is 0 Å².